The maximum Gasteiger partial charge on any atom is 0.153 e. The maximum absolute atomic E-state index is 10.8. The van der Waals surface area contributed by atoms with E-state index in [0.29, 0.717) is 23.3 Å². The van der Waals surface area contributed by atoms with Gasteiger partial charge in [0, 0.05) is 0 Å². The maximum atomic E-state index is 10.8. The highest BCUT2D eigenvalue weighted by molar-refractivity contribution is 5.80. The predicted molar refractivity (Wildman–Crippen MR) is 57.0 cm³/mol. The SMILES string of the molecule is COc1ccc(OCC(O)CO)c(C=O)c1. The highest BCUT2D eigenvalue weighted by Gasteiger charge is 2.07. The van der Waals surface area contributed by atoms with Gasteiger partial charge in [-0.15, -0.1) is 0 Å². The van der Waals surface area contributed by atoms with E-state index in [9.17, 15) is 4.79 Å². The third-order valence-corrected chi connectivity index (χ3v) is 1.99. The lowest BCUT2D eigenvalue weighted by Gasteiger charge is -2.12. The summed E-state index contributed by atoms with van der Waals surface area (Å²) in [4.78, 5) is 10.8. The summed E-state index contributed by atoms with van der Waals surface area (Å²) in [6.45, 7) is -0.448. The van der Waals surface area contributed by atoms with Crippen molar-refractivity contribution in [2.24, 2.45) is 0 Å². The van der Waals surface area contributed by atoms with Crippen molar-refractivity contribution in [1.29, 1.82) is 0 Å². The van der Waals surface area contributed by atoms with Crippen molar-refractivity contribution in [3.8, 4) is 11.5 Å². The van der Waals surface area contributed by atoms with E-state index in [1.807, 2.05) is 0 Å². The summed E-state index contributed by atoms with van der Waals surface area (Å²) in [7, 11) is 1.50. The van der Waals surface area contributed by atoms with Crippen molar-refractivity contribution in [3.63, 3.8) is 0 Å². The van der Waals surface area contributed by atoms with E-state index in [1.165, 1.54) is 13.2 Å². The molecule has 0 aliphatic rings. The molecule has 0 radical (unpaired) electrons. The average molecular weight is 226 g/mol. The number of aldehydes is 1. The Morgan fingerprint density at radius 2 is 2.25 bits per heavy atom. The topological polar surface area (TPSA) is 76.0 Å². The van der Waals surface area contributed by atoms with Gasteiger partial charge < -0.3 is 19.7 Å². The van der Waals surface area contributed by atoms with Crippen molar-refractivity contribution in [3.05, 3.63) is 23.8 Å². The van der Waals surface area contributed by atoms with Crippen LogP contribution >= 0.6 is 0 Å². The van der Waals surface area contributed by atoms with E-state index in [0.717, 1.165) is 0 Å². The molecule has 5 nitrogen and oxygen atoms in total. The van der Waals surface area contributed by atoms with Crippen molar-refractivity contribution in [1.82, 2.24) is 0 Å². The van der Waals surface area contributed by atoms with Crippen LogP contribution < -0.4 is 9.47 Å². The molecule has 1 atom stereocenters. The van der Waals surface area contributed by atoms with Crippen molar-refractivity contribution >= 4 is 6.29 Å². The first kappa shape index (κ1) is 12.5. The molecule has 16 heavy (non-hydrogen) atoms. The molecule has 1 aromatic rings. The first-order valence-electron chi connectivity index (χ1n) is 4.76. The van der Waals surface area contributed by atoms with Crippen LogP contribution in [0.15, 0.2) is 18.2 Å². The number of ether oxygens (including phenoxy) is 2. The Morgan fingerprint density at radius 1 is 1.50 bits per heavy atom. The highest BCUT2D eigenvalue weighted by atomic mass is 16.5. The number of hydrogen-bond acceptors (Lipinski definition) is 5. The van der Waals surface area contributed by atoms with Crippen LogP contribution in [0.25, 0.3) is 0 Å². The second kappa shape index (κ2) is 6.09. The van der Waals surface area contributed by atoms with Crippen LogP contribution in [0.2, 0.25) is 0 Å². The molecule has 0 aliphatic heterocycles. The normalized spacial score (nSPS) is 11.9. The molecule has 2 N–H and O–H groups in total. The quantitative estimate of drug-likeness (QED) is 0.679. The van der Waals surface area contributed by atoms with E-state index in [1.54, 1.807) is 12.1 Å². The van der Waals surface area contributed by atoms with E-state index in [-0.39, 0.29) is 13.2 Å². The number of rotatable bonds is 6. The number of aliphatic hydroxyl groups is 2. The number of aliphatic hydroxyl groups excluding tert-OH is 2. The Bertz CT molecular complexity index is 350. The van der Waals surface area contributed by atoms with Crippen LogP contribution in [-0.4, -0.2) is 42.9 Å². The molecule has 0 amide bonds. The summed E-state index contributed by atoms with van der Waals surface area (Å²) < 4.78 is 10.1. The van der Waals surface area contributed by atoms with Crippen LogP contribution in [0, 0.1) is 0 Å². The molecule has 0 saturated carbocycles. The smallest absolute Gasteiger partial charge is 0.153 e. The van der Waals surface area contributed by atoms with Gasteiger partial charge in [-0.05, 0) is 18.2 Å². The lowest BCUT2D eigenvalue weighted by atomic mass is 10.2. The summed E-state index contributed by atoms with van der Waals surface area (Å²) in [5.74, 6) is 0.903. The van der Waals surface area contributed by atoms with Gasteiger partial charge in [0.05, 0.1) is 19.3 Å². The molecule has 1 unspecified atom stereocenters. The molecular weight excluding hydrogens is 212 g/mol. The fourth-order valence-corrected chi connectivity index (χ4v) is 1.12. The summed E-state index contributed by atoms with van der Waals surface area (Å²) in [5.41, 5.74) is 0.337. The molecule has 0 spiro atoms. The molecule has 0 bridgehead atoms. The molecule has 0 heterocycles. The number of hydrogen-bond donors (Lipinski definition) is 2. The molecule has 0 saturated heterocycles. The Kier molecular flexibility index (Phi) is 4.75. The molecule has 0 fully saturated rings. The van der Waals surface area contributed by atoms with E-state index < -0.39 is 6.10 Å². The summed E-state index contributed by atoms with van der Waals surface area (Å²) in [5, 5.41) is 17.7. The number of methoxy groups -OCH3 is 1. The minimum atomic E-state index is -0.957. The fourth-order valence-electron chi connectivity index (χ4n) is 1.12. The Labute approximate surface area is 93.2 Å². The fraction of sp³-hybridized carbons (Fsp3) is 0.364. The Balaban J connectivity index is 2.75. The van der Waals surface area contributed by atoms with E-state index in [2.05, 4.69) is 0 Å². The average Bonchev–Trinajstić information content (AvgIpc) is 2.35. The molecule has 1 aromatic carbocycles. The summed E-state index contributed by atoms with van der Waals surface area (Å²) >= 11 is 0. The van der Waals surface area contributed by atoms with Gasteiger partial charge in [0.2, 0.25) is 0 Å². The zero-order valence-electron chi connectivity index (χ0n) is 8.92. The van der Waals surface area contributed by atoms with Gasteiger partial charge in [0.25, 0.3) is 0 Å². The van der Waals surface area contributed by atoms with Crippen molar-refractivity contribution in [2.75, 3.05) is 20.3 Å². The zero-order valence-corrected chi connectivity index (χ0v) is 8.92. The summed E-state index contributed by atoms with van der Waals surface area (Å²) in [6, 6.07) is 4.76. The second-order valence-corrected chi connectivity index (χ2v) is 3.17. The standard InChI is InChI=1S/C11H14O5/c1-15-10-2-3-11(8(4-10)5-12)16-7-9(14)6-13/h2-5,9,13-14H,6-7H2,1H3. The van der Waals surface area contributed by atoms with Gasteiger partial charge >= 0.3 is 0 Å². The van der Waals surface area contributed by atoms with Crippen LogP contribution in [0.5, 0.6) is 11.5 Å². The molecule has 0 aliphatic carbocycles. The molecule has 0 aromatic heterocycles. The van der Waals surface area contributed by atoms with Gasteiger partial charge in [0.15, 0.2) is 6.29 Å². The number of carbonyl (C=O) groups excluding carboxylic acids is 1. The van der Waals surface area contributed by atoms with Gasteiger partial charge in [-0.2, -0.15) is 0 Å². The first-order chi connectivity index (χ1) is 7.71. The minimum absolute atomic E-state index is 0.0658. The van der Waals surface area contributed by atoms with E-state index >= 15 is 0 Å². The molecule has 88 valence electrons. The number of benzene rings is 1. The van der Waals surface area contributed by atoms with Gasteiger partial charge in [-0.3, -0.25) is 4.79 Å². The van der Waals surface area contributed by atoms with Crippen molar-refractivity contribution in [2.45, 2.75) is 6.10 Å². The predicted octanol–water partition coefficient (Wildman–Crippen LogP) is 0.240. The van der Waals surface area contributed by atoms with Crippen LogP contribution in [0.3, 0.4) is 0 Å². The van der Waals surface area contributed by atoms with Crippen molar-refractivity contribution < 1.29 is 24.5 Å². The first-order valence-corrected chi connectivity index (χ1v) is 4.76. The van der Waals surface area contributed by atoms with Crippen LogP contribution in [-0.2, 0) is 0 Å². The van der Waals surface area contributed by atoms with E-state index in [4.69, 9.17) is 19.7 Å². The van der Waals surface area contributed by atoms with Gasteiger partial charge in [0.1, 0.15) is 24.2 Å². The third kappa shape index (κ3) is 3.22. The highest BCUT2D eigenvalue weighted by Crippen LogP contribution is 2.22. The second-order valence-electron chi connectivity index (χ2n) is 3.17. The molecule has 1 rings (SSSR count). The van der Waals surface area contributed by atoms with Crippen LogP contribution in [0.1, 0.15) is 10.4 Å². The van der Waals surface area contributed by atoms with Gasteiger partial charge in [-0.1, -0.05) is 0 Å². The Hall–Kier alpha value is -1.59. The molecular formula is C11H14O5. The van der Waals surface area contributed by atoms with Crippen LogP contribution in [0.4, 0.5) is 0 Å². The number of carbonyl (C=O) groups is 1. The summed E-state index contributed by atoms with van der Waals surface area (Å²) in [6.07, 6.45) is -0.315. The molecule has 5 heteroatoms. The monoisotopic (exact) mass is 226 g/mol. The third-order valence-electron chi connectivity index (χ3n) is 1.99. The lowest BCUT2D eigenvalue weighted by Crippen LogP contribution is -2.21. The largest absolute Gasteiger partial charge is 0.497 e. The minimum Gasteiger partial charge on any atom is -0.497 e. The Morgan fingerprint density at radius 3 is 2.81 bits per heavy atom. The zero-order chi connectivity index (χ0) is 12.0. The lowest BCUT2D eigenvalue weighted by molar-refractivity contribution is 0.0533. The van der Waals surface area contributed by atoms with Gasteiger partial charge in [-0.25, -0.2) is 0 Å².